The molecule has 1 aromatic rings. The first-order chi connectivity index (χ1) is 9.20. The molecule has 0 bridgehead atoms. The van der Waals surface area contributed by atoms with Crippen LogP contribution in [0.4, 0.5) is 0 Å². The lowest BCUT2D eigenvalue weighted by atomic mass is 9.99. The molecule has 1 aliphatic rings. The maximum atomic E-state index is 5.84. The van der Waals surface area contributed by atoms with Crippen molar-refractivity contribution in [3.05, 3.63) is 35.4 Å². The highest BCUT2D eigenvalue weighted by molar-refractivity contribution is 5.27. The van der Waals surface area contributed by atoms with E-state index in [4.69, 9.17) is 4.74 Å². The molecule has 1 N–H and O–H groups in total. The summed E-state index contributed by atoms with van der Waals surface area (Å²) in [6.45, 7) is 9.31. The zero-order valence-corrected chi connectivity index (χ0v) is 12.5. The van der Waals surface area contributed by atoms with Crippen molar-refractivity contribution in [2.45, 2.75) is 45.6 Å². The second kappa shape index (κ2) is 7.06. The molecule has 0 saturated heterocycles. The first-order valence-electron chi connectivity index (χ1n) is 7.61. The van der Waals surface area contributed by atoms with Gasteiger partial charge in [-0.1, -0.05) is 45.0 Å². The van der Waals surface area contributed by atoms with Crippen LogP contribution < -0.4 is 5.32 Å². The molecule has 0 aromatic heterocycles. The second-order valence-corrected chi connectivity index (χ2v) is 5.91. The number of hydrogen-bond acceptors (Lipinski definition) is 2. The highest BCUT2D eigenvalue weighted by Gasteiger charge is 2.22. The summed E-state index contributed by atoms with van der Waals surface area (Å²) in [5, 5.41) is 3.52. The Morgan fingerprint density at radius 1 is 1.16 bits per heavy atom. The van der Waals surface area contributed by atoms with Gasteiger partial charge in [0.1, 0.15) is 0 Å². The molecular formula is C17H27NO. The maximum absolute atomic E-state index is 5.84. The molecule has 2 heteroatoms. The highest BCUT2D eigenvalue weighted by Crippen LogP contribution is 2.29. The average Bonchev–Trinajstić information content (AvgIpc) is 3.22. The van der Waals surface area contributed by atoms with E-state index < -0.39 is 0 Å². The van der Waals surface area contributed by atoms with Crippen LogP contribution in [0.25, 0.3) is 0 Å². The van der Waals surface area contributed by atoms with Gasteiger partial charge in [0, 0.05) is 6.61 Å². The molecular weight excluding hydrogens is 234 g/mol. The molecule has 0 amide bonds. The van der Waals surface area contributed by atoms with Crippen LogP contribution in [0.2, 0.25) is 0 Å². The molecule has 1 aliphatic carbocycles. The van der Waals surface area contributed by atoms with Crippen LogP contribution in [-0.2, 0) is 4.74 Å². The third kappa shape index (κ3) is 4.63. The number of benzene rings is 1. The summed E-state index contributed by atoms with van der Waals surface area (Å²) in [5.74, 6) is 1.43. The van der Waals surface area contributed by atoms with Crippen LogP contribution in [-0.4, -0.2) is 19.8 Å². The van der Waals surface area contributed by atoms with Crippen molar-refractivity contribution in [1.29, 1.82) is 0 Å². The van der Waals surface area contributed by atoms with Gasteiger partial charge in [0.25, 0.3) is 0 Å². The van der Waals surface area contributed by atoms with E-state index in [-0.39, 0.29) is 0 Å². The summed E-state index contributed by atoms with van der Waals surface area (Å²) in [7, 11) is 0. The fraction of sp³-hybridized carbons (Fsp3) is 0.647. The zero-order valence-electron chi connectivity index (χ0n) is 12.5. The van der Waals surface area contributed by atoms with E-state index in [2.05, 4.69) is 50.4 Å². The number of likely N-dealkylation sites (N-methyl/N-ethyl adjacent to an activating group) is 1. The number of nitrogens with one attached hydrogen (secondary N) is 1. The van der Waals surface area contributed by atoms with E-state index in [1.807, 2.05) is 0 Å². The smallest absolute Gasteiger partial charge is 0.0661 e. The molecule has 106 valence electrons. The Morgan fingerprint density at radius 3 is 2.32 bits per heavy atom. The van der Waals surface area contributed by atoms with E-state index in [9.17, 15) is 0 Å². The van der Waals surface area contributed by atoms with Gasteiger partial charge in [-0.05, 0) is 42.3 Å². The van der Waals surface area contributed by atoms with Gasteiger partial charge in [-0.3, -0.25) is 0 Å². The lowest BCUT2D eigenvalue weighted by molar-refractivity contribution is 0.103. The number of ether oxygens (including phenoxy) is 1. The maximum Gasteiger partial charge on any atom is 0.0661 e. The molecule has 0 radical (unpaired) electrons. The van der Waals surface area contributed by atoms with E-state index in [1.54, 1.807) is 0 Å². The fourth-order valence-corrected chi connectivity index (χ4v) is 2.27. The molecule has 1 aromatic carbocycles. The fourth-order valence-electron chi connectivity index (χ4n) is 2.27. The topological polar surface area (TPSA) is 21.3 Å². The Morgan fingerprint density at radius 2 is 1.79 bits per heavy atom. The monoisotopic (exact) mass is 261 g/mol. The zero-order chi connectivity index (χ0) is 13.7. The standard InChI is InChI=1S/C17H27NO/c1-4-18-17(12-19-11-14-5-6-14)16-9-7-15(8-10-16)13(2)3/h7-10,13-14,17-18H,4-6,11-12H2,1-3H3. The van der Waals surface area contributed by atoms with Crippen LogP contribution >= 0.6 is 0 Å². The lowest BCUT2D eigenvalue weighted by Gasteiger charge is -2.19. The van der Waals surface area contributed by atoms with Crippen molar-refractivity contribution in [3.63, 3.8) is 0 Å². The Hall–Kier alpha value is -0.860. The van der Waals surface area contributed by atoms with E-state index in [0.29, 0.717) is 12.0 Å². The number of hydrogen-bond donors (Lipinski definition) is 1. The summed E-state index contributed by atoms with van der Waals surface area (Å²) in [6, 6.07) is 9.29. The Kier molecular flexibility index (Phi) is 5.41. The molecule has 1 atom stereocenters. The van der Waals surface area contributed by atoms with Gasteiger partial charge in [-0.15, -0.1) is 0 Å². The van der Waals surface area contributed by atoms with Crippen LogP contribution in [0, 0.1) is 5.92 Å². The van der Waals surface area contributed by atoms with E-state index >= 15 is 0 Å². The van der Waals surface area contributed by atoms with Crippen molar-refractivity contribution >= 4 is 0 Å². The summed E-state index contributed by atoms with van der Waals surface area (Å²) in [5.41, 5.74) is 2.74. The molecule has 19 heavy (non-hydrogen) atoms. The summed E-state index contributed by atoms with van der Waals surface area (Å²) >= 11 is 0. The Balaban J connectivity index is 1.91. The van der Waals surface area contributed by atoms with Crippen molar-refractivity contribution in [1.82, 2.24) is 5.32 Å². The lowest BCUT2D eigenvalue weighted by Crippen LogP contribution is -2.25. The van der Waals surface area contributed by atoms with Gasteiger partial charge in [0.2, 0.25) is 0 Å². The van der Waals surface area contributed by atoms with Gasteiger partial charge in [0.05, 0.1) is 12.6 Å². The molecule has 0 heterocycles. The first kappa shape index (κ1) is 14.5. The summed E-state index contributed by atoms with van der Waals surface area (Å²) in [4.78, 5) is 0. The molecule has 1 unspecified atom stereocenters. The van der Waals surface area contributed by atoms with Crippen molar-refractivity contribution in [3.8, 4) is 0 Å². The van der Waals surface area contributed by atoms with Crippen LogP contribution in [0.3, 0.4) is 0 Å². The Labute approximate surface area is 117 Å². The number of rotatable bonds is 8. The SMILES string of the molecule is CCNC(COCC1CC1)c1ccc(C(C)C)cc1. The Bertz CT molecular complexity index is 367. The normalized spacial score (nSPS) is 16.8. The predicted octanol–water partition coefficient (Wildman–Crippen LogP) is 3.89. The predicted molar refractivity (Wildman–Crippen MR) is 80.5 cm³/mol. The average molecular weight is 261 g/mol. The molecule has 1 fully saturated rings. The van der Waals surface area contributed by atoms with Crippen molar-refractivity contribution < 1.29 is 4.74 Å². The summed E-state index contributed by atoms with van der Waals surface area (Å²) in [6.07, 6.45) is 2.71. The highest BCUT2D eigenvalue weighted by atomic mass is 16.5. The summed E-state index contributed by atoms with van der Waals surface area (Å²) < 4.78 is 5.84. The molecule has 0 spiro atoms. The third-order valence-corrected chi connectivity index (χ3v) is 3.79. The van der Waals surface area contributed by atoms with Crippen LogP contribution in [0.15, 0.2) is 24.3 Å². The van der Waals surface area contributed by atoms with Gasteiger partial charge >= 0.3 is 0 Å². The van der Waals surface area contributed by atoms with Gasteiger partial charge in [0.15, 0.2) is 0 Å². The molecule has 1 saturated carbocycles. The minimum absolute atomic E-state index is 0.324. The van der Waals surface area contributed by atoms with Crippen molar-refractivity contribution in [2.75, 3.05) is 19.8 Å². The van der Waals surface area contributed by atoms with Gasteiger partial charge in [-0.25, -0.2) is 0 Å². The second-order valence-electron chi connectivity index (χ2n) is 5.91. The van der Waals surface area contributed by atoms with Crippen LogP contribution in [0.5, 0.6) is 0 Å². The molecule has 0 aliphatic heterocycles. The minimum Gasteiger partial charge on any atom is -0.379 e. The first-order valence-corrected chi connectivity index (χ1v) is 7.61. The van der Waals surface area contributed by atoms with Crippen molar-refractivity contribution in [2.24, 2.45) is 5.92 Å². The van der Waals surface area contributed by atoms with E-state index in [0.717, 1.165) is 25.7 Å². The van der Waals surface area contributed by atoms with Crippen LogP contribution in [0.1, 0.15) is 56.7 Å². The molecule has 2 rings (SSSR count). The van der Waals surface area contributed by atoms with Gasteiger partial charge in [-0.2, -0.15) is 0 Å². The molecule has 2 nitrogen and oxygen atoms in total. The van der Waals surface area contributed by atoms with E-state index in [1.165, 1.54) is 24.0 Å². The quantitative estimate of drug-likeness (QED) is 0.766. The minimum atomic E-state index is 0.324. The largest absolute Gasteiger partial charge is 0.379 e. The third-order valence-electron chi connectivity index (χ3n) is 3.79. The van der Waals surface area contributed by atoms with Gasteiger partial charge < -0.3 is 10.1 Å².